The molecule has 1 aromatic heterocycles. The van der Waals surface area contributed by atoms with Crippen LogP contribution in [0.3, 0.4) is 0 Å². The minimum atomic E-state index is -0.349. The van der Waals surface area contributed by atoms with Crippen LogP contribution in [0.4, 0.5) is 0 Å². The number of hydrogen-bond acceptors (Lipinski definition) is 5. The first-order chi connectivity index (χ1) is 9.26. The van der Waals surface area contributed by atoms with E-state index in [1.807, 2.05) is 0 Å². The molecule has 5 nitrogen and oxygen atoms in total. The normalized spacial score (nSPS) is 29.4. The van der Waals surface area contributed by atoms with Crippen LogP contribution in [0.2, 0.25) is 0 Å². The number of ether oxygens (including phenoxy) is 1. The summed E-state index contributed by atoms with van der Waals surface area (Å²) in [6, 6.07) is 2.30. The second-order valence-electron chi connectivity index (χ2n) is 5.42. The van der Waals surface area contributed by atoms with Crippen LogP contribution in [0.1, 0.15) is 29.0 Å². The molecule has 4 heterocycles. The van der Waals surface area contributed by atoms with Crippen molar-refractivity contribution >= 4 is 5.97 Å². The molecule has 104 valence electrons. The lowest BCUT2D eigenvalue weighted by Crippen LogP contribution is -2.55. The highest BCUT2D eigenvalue weighted by Crippen LogP contribution is 2.27. The number of carbonyl (C=O) groups is 1. The average molecular weight is 264 g/mol. The Labute approximate surface area is 112 Å². The number of hydrogen-bond donors (Lipinski definition) is 1. The summed E-state index contributed by atoms with van der Waals surface area (Å²) in [6.45, 7) is 4.30. The van der Waals surface area contributed by atoms with E-state index < -0.39 is 0 Å². The highest BCUT2D eigenvalue weighted by atomic mass is 16.5. The van der Waals surface area contributed by atoms with Crippen molar-refractivity contribution in [3.63, 3.8) is 0 Å². The molecule has 1 unspecified atom stereocenters. The van der Waals surface area contributed by atoms with Crippen molar-refractivity contribution in [1.29, 1.82) is 0 Å². The fraction of sp³-hybridized carbons (Fsp3) is 0.643. The third kappa shape index (κ3) is 2.67. The molecule has 0 spiro atoms. The predicted molar refractivity (Wildman–Crippen MR) is 69.8 cm³/mol. The van der Waals surface area contributed by atoms with E-state index in [1.54, 1.807) is 6.07 Å². The van der Waals surface area contributed by atoms with Gasteiger partial charge in [0.15, 0.2) is 0 Å². The van der Waals surface area contributed by atoms with Gasteiger partial charge in [-0.1, -0.05) is 0 Å². The van der Waals surface area contributed by atoms with Gasteiger partial charge in [-0.2, -0.15) is 0 Å². The summed E-state index contributed by atoms with van der Waals surface area (Å²) in [5, 5.41) is 3.55. The average Bonchev–Trinajstić information content (AvgIpc) is 2.94. The topological polar surface area (TPSA) is 54.7 Å². The monoisotopic (exact) mass is 264 g/mol. The largest absolute Gasteiger partial charge is 0.467 e. The van der Waals surface area contributed by atoms with Crippen molar-refractivity contribution in [3.8, 4) is 0 Å². The Kier molecular flexibility index (Phi) is 3.57. The molecule has 4 rings (SSSR count). The lowest BCUT2D eigenvalue weighted by molar-refractivity contribution is 0.0600. The number of rotatable bonds is 4. The SMILES string of the molecule is COC(=O)c1coc(CNC2CN3CCC2CC3)c1. The molecule has 1 N–H and O–H groups in total. The zero-order valence-electron chi connectivity index (χ0n) is 11.2. The lowest BCUT2D eigenvalue weighted by atomic mass is 9.84. The summed E-state index contributed by atoms with van der Waals surface area (Å²) >= 11 is 0. The first-order valence-electron chi connectivity index (χ1n) is 6.87. The molecule has 2 bridgehead atoms. The standard InChI is InChI=1S/C14H20N2O3/c1-18-14(17)11-6-12(19-9-11)7-15-13-8-16-4-2-10(13)3-5-16/h6,9-10,13,15H,2-5,7-8H2,1H3. The Morgan fingerprint density at radius 2 is 2.32 bits per heavy atom. The summed E-state index contributed by atoms with van der Waals surface area (Å²) in [7, 11) is 1.38. The number of nitrogens with zero attached hydrogens (tertiary/aromatic N) is 1. The third-order valence-electron chi connectivity index (χ3n) is 4.27. The molecule has 1 atom stereocenters. The van der Waals surface area contributed by atoms with Crippen molar-refractivity contribution in [2.75, 3.05) is 26.7 Å². The van der Waals surface area contributed by atoms with E-state index >= 15 is 0 Å². The molecule has 1 aromatic rings. The predicted octanol–water partition coefficient (Wildman–Crippen LogP) is 1.25. The number of fused-ring (bicyclic) bond motifs is 3. The van der Waals surface area contributed by atoms with Crippen LogP contribution in [0, 0.1) is 5.92 Å². The molecule has 0 amide bonds. The molecule has 0 radical (unpaired) electrons. The van der Waals surface area contributed by atoms with Gasteiger partial charge in [-0.15, -0.1) is 0 Å². The van der Waals surface area contributed by atoms with Crippen LogP contribution in [-0.2, 0) is 11.3 Å². The maximum Gasteiger partial charge on any atom is 0.341 e. The van der Waals surface area contributed by atoms with Gasteiger partial charge in [0.05, 0.1) is 19.2 Å². The third-order valence-corrected chi connectivity index (χ3v) is 4.27. The Morgan fingerprint density at radius 1 is 1.53 bits per heavy atom. The maximum absolute atomic E-state index is 11.3. The quantitative estimate of drug-likeness (QED) is 0.829. The molecule has 3 aliphatic rings. The summed E-state index contributed by atoms with van der Waals surface area (Å²) in [6.07, 6.45) is 4.05. The van der Waals surface area contributed by atoms with Crippen LogP contribution >= 0.6 is 0 Å². The Balaban J connectivity index is 1.55. The van der Waals surface area contributed by atoms with Crippen LogP contribution in [0.25, 0.3) is 0 Å². The zero-order chi connectivity index (χ0) is 13.2. The van der Waals surface area contributed by atoms with Gasteiger partial charge in [-0.3, -0.25) is 0 Å². The van der Waals surface area contributed by atoms with Crippen molar-refractivity contribution < 1.29 is 13.9 Å². The molecule has 3 aliphatic heterocycles. The van der Waals surface area contributed by atoms with Gasteiger partial charge >= 0.3 is 5.97 Å². The van der Waals surface area contributed by atoms with Crippen molar-refractivity contribution in [1.82, 2.24) is 10.2 Å². The van der Waals surface area contributed by atoms with E-state index in [0.717, 1.165) is 18.2 Å². The summed E-state index contributed by atoms with van der Waals surface area (Å²) in [4.78, 5) is 13.8. The number of nitrogens with one attached hydrogen (secondary N) is 1. The molecule has 3 fully saturated rings. The number of piperidine rings is 3. The van der Waals surface area contributed by atoms with Crippen LogP contribution < -0.4 is 5.32 Å². The molecule has 5 heteroatoms. The van der Waals surface area contributed by atoms with E-state index in [1.165, 1.54) is 39.3 Å². The molecule has 19 heavy (non-hydrogen) atoms. The number of furan rings is 1. The van der Waals surface area contributed by atoms with E-state index in [9.17, 15) is 4.79 Å². The summed E-state index contributed by atoms with van der Waals surface area (Å²) in [5.74, 6) is 1.23. The maximum atomic E-state index is 11.3. The van der Waals surface area contributed by atoms with Gasteiger partial charge in [0.1, 0.15) is 12.0 Å². The first-order valence-corrected chi connectivity index (χ1v) is 6.87. The van der Waals surface area contributed by atoms with E-state index in [0.29, 0.717) is 18.2 Å². The van der Waals surface area contributed by atoms with Crippen molar-refractivity contribution in [3.05, 3.63) is 23.7 Å². The van der Waals surface area contributed by atoms with Gasteiger partial charge in [0.25, 0.3) is 0 Å². The smallest absolute Gasteiger partial charge is 0.341 e. The highest BCUT2D eigenvalue weighted by molar-refractivity contribution is 5.88. The number of carbonyl (C=O) groups excluding carboxylic acids is 1. The van der Waals surface area contributed by atoms with Crippen molar-refractivity contribution in [2.45, 2.75) is 25.4 Å². The molecular weight excluding hydrogens is 244 g/mol. The molecule has 0 aromatic carbocycles. The van der Waals surface area contributed by atoms with Crippen LogP contribution in [0.5, 0.6) is 0 Å². The second kappa shape index (κ2) is 5.35. The molecule has 0 aliphatic carbocycles. The zero-order valence-corrected chi connectivity index (χ0v) is 11.2. The molecular formula is C14H20N2O3. The molecule has 3 saturated heterocycles. The van der Waals surface area contributed by atoms with E-state index in [2.05, 4.69) is 15.0 Å². The van der Waals surface area contributed by atoms with Gasteiger partial charge in [0.2, 0.25) is 0 Å². The fourth-order valence-electron chi connectivity index (χ4n) is 3.13. The minimum absolute atomic E-state index is 0.349. The van der Waals surface area contributed by atoms with Gasteiger partial charge in [0, 0.05) is 12.6 Å². The van der Waals surface area contributed by atoms with Gasteiger partial charge < -0.3 is 19.4 Å². The van der Waals surface area contributed by atoms with E-state index in [-0.39, 0.29) is 5.97 Å². The van der Waals surface area contributed by atoms with Crippen molar-refractivity contribution in [2.24, 2.45) is 5.92 Å². The van der Waals surface area contributed by atoms with E-state index in [4.69, 9.17) is 4.42 Å². The van der Waals surface area contributed by atoms with Gasteiger partial charge in [-0.05, 0) is 37.9 Å². The number of methoxy groups -OCH3 is 1. The van der Waals surface area contributed by atoms with Crippen LogP contribution in [0.15, 0.2) is 16.7 Å². The summed E-state index contributed by atoms with van der Waals surface area (Å²) in [5.41, 5.74) is 0.480. The first kappa shape index (κ1) is 12.7. The fourth-order valence-corrected chi connectivity index (χ4v) is 3.13. The van der Waals surface area contributed by atoms with Gasteiger partial charge in [-0.25, -0.2) is 4.79 Å². The van der Waals surface area contributed by atoms with Crippen LogP contribution in [-0.4, -0.2) is 43.7 Å². The Bertz CT molecular complexity index is 449. The second-order valence-corrected chi connectivity index (χ2v) is 5.42. The Morgan fingerprint density at radius 3 is 2.95 bits per heavy atom. The highest BCUT2D eigenvalue weighted by Gasteiger charge is 2.33. The molecule has 0 saturated carbocycles. The Hall–Kier alpha value is -1.33. The minimum Gasteiger partial charge on any atom is -0.467 e. The lowest BCUT2D eigenvalue weighted by Gasteiger charge is -2.45. The number of esters is 1. The summed E-state index contributed by atoms with van der Waals surface area (Å²) < 4.78 is 10.0.